The number of piperidine rings is 1. The zero-order chi connectivity index (χ0) is 11.8. The fraction of sp³-hybridized carbons (Fsp3) is 1.00. The maximum Gasteiger partial charge on any atom is 0.0587 e. The molecule has 0 aromatic heterocycles. The second kappa shape index (κ2) is 4.87. The average Bonchev–Trinajstić information content (AvgIpc) is 2.62. The number of rotatable bonds is 2. The summed E-state index contributed by atoms with van der Waals surface area (Å²) in [5, 5.41) is 0. The molecule has 0 saturated carbocycles. The zero-order valence-electron chi connectivity index (χ0n) is 11.0. The third kappa shape index (κ3) is 2.25. The Morgan fingerprint density at radius 1 is 1.06 bits per heavy atom. The van der Waals surface area contributed by atoms with Crippen LogP contribution in [0, 0.1) is 0 Å². The molecule has 0 spiro atoms. The van der Waals surface area contributed by atoms with Gasteiger partial charge in [-0.1, -0.05) is 6.92 Å². The molecule has 0 aliphatic carbocycles. The number of fused-ring (bicyclic) bond motifs is 2. The fourth-order valence-corrected chi connectivity index (χ4v) is 4.27. The highest BCUT2D eigenvalue weighted by atomic mass is 16.5. The van der Waals surface area contributed by atoms with E-state index >= 15 is 0 Å². The maximum absolute atomic E-state index is 6.15. The summed E-state index contributed by atoms with van der Waals surface area (Å²) >= 11 is 0. The smallest absolute Gasteiger partial charge is 0.0587 e. The van der Waals surface area contributed by atoms with E-state index in [2.05, 4.69) is 11.8 Å². The minimum atomic E-state index is 0.463. The lowest BCUT2D eigenvalue weighted by molar-refractivity contribution is -0.0484. The standard InChI is InChI=1S/C14H26N2O/c1-2-14-9-13(5-6-17-14)16-11-3-4-12(16)8-10(15)7-11/h10-14H,2-9,15H2,1H3. The van der Waals surface area contributed by atoms with Gasteiger partial charge in [0, 0.05) is 30.8 Å². The Morgan fingerprint density at radius 3 is 2.35 bits per heavy atom. The second-order valence-corrected chi connectivity index (χ2v) is 6.14. The van der Waals surface area contributed by atoms with Gasteiger partial charge in [0.15, 0.2) is 0 Å². The minimum Gasteiger partial charge on any atom is -0.378 e. The number of nitrogens with two attached hydrogens (primary N) is 1. The van der Waals surface area contributed by atoms with E-state index in [1.165, 1.54) is 44.9 Å². The van der Waals surface area contributed by atoms with Crippen LogP contribution in [-0.4, -0.2) is 41.8 Å². The van der Waals surface area contributed by atoms with Crippen molar-refractivity contribution >= 4 is 0 Å². The van der Waals surface area contributed by atoms with E-state index in [0.29, 0.717) is 12.1 Å². The highest BCUT2D eigenvalue weighted by molar-refractivity contribution is 5.00. The summed E-state index contributed by atoms with van der Waals surface area (Å²) in [7, 11) is 0. The summed E-state index contributed by atoms with van der Waals surface area (Å²) in [5.74, 6) is 0. The Kier molecular flexibility index (Phi) is 3.42. The van der Waals surface area contributed by atoms with Crippen molar-refractivity contribution < 1.29 is 4.74 Å². The summed E-state index contributed by atoms with van der Waals surface area (Å²) in [4.78, 5) is 2.83. The van der Waals surface area contributed by atoms with Gasteiger partial charge in [-0.2, -0.15) is 0 Å². The Labute approximate surface area is 105 Å². The monoisotopic (exact) mass is 238 g/mol. The molecular weight excluding hydrogens is 212 g/mol. The van der Waals surface area contributed by atoms with Crippen molar-refractivity contribution in [1.29, 1.82) is 0 Å². The lowest BCUT2D eigenvalue weighted by Gasteiger charge is -2.45. The Bertz CT molecular complexity index is 257. The molecule has 2 N–H and O–H groups in total. The van der Waals surface area contributed by atoms with Gasteiger partial charge in [0.05, 0.1) is 6.10 Å². The van der Waals surface area contributed by atoms with Crippen LogP contribution in [-0.2, 0) is 4.74 Å². The quantitative estimate of drug-likeness (QED) is 0.798. The molecule has 4 atom stereocenters. The van der Waals surface area contributed by atoms with E-state index in [1.807, 2.05) is 0 Å². The number of ether oxygens (including phenoxy) is 1. The van der Waals surface area contributed by atoms with Crippen molar-refractivity contribution in [1.82, 2.24) is 4.90 Å². The molecule has 0 amide bonds. The van der Waals surface area contributed by atoms with Crippen LogP contribution in [0.15, 0.2) is 0 Å². The average molecular weight is 238 g/mol. The third-order valence-electron chi connectivity index (χ3n) is 5.04. The maximum atomic E-state index is 6.15. The molecule has 3 aliphatic heterocycles. The zero-order valence-corrected chi connectivity index (χ0v) is 11.0. The van der Waals surface area contributed by atoms with Gasteiger partial charge in [-0.15, -0.1) is 0 Å². The van der Waals surface area contributed by atoms with Crippen molar-refractivity contribution in [2.45, 2.75) is 82.1 Å². The molecule has 17 heavy (non-hydrogen) atoms. The van der Waals surface area contributed by atoms with Gasteiger partial charge in [-0.05, 0) is 44.9 Å². The molecule has 0 aromatic rings. The van der Waals surface area contributed by atoms with Crippen molar-refractivity contribution in [3.63, 3.8) is 0 Å². The summed E-state index contributed by atoms with van der Waals surface area (Å²) in [6, 6.07) is 2.80. The third-order valence-corrected chi connectivity index (χ3v) is 5.04. The van der Waals surface area contributed by atoms with Crippen LogP contribution in [0.4, 0.5) is 0 Å². The van der Waals surface area contributed by atoms with Gasteiger partial charge in [-0.3, -0.25) is 4.90 Å². The lowest BCUT2D eigenvalue weighted by atomic mass is 9.92. The number of hydrogen-bond acceptors (Lipinski definition) is 3. The molecule has 3 heteroatoms. The molecular formula is C14H26N2O. The van der Waals surface area contributed by atoms with E-state index in [4.69, 9.17) is 10.5 Å². The summed E-state index contributed by atoms with van der Waals surface area (Å²) in [5.41, 5.74) is 6.15. The van der Waals surface area contributed by atoms with Gasteiger partial charge < -0.3 is 10.5 Å². The molecule has 4 unspecified atom stereocenters. The van der Waals surface area contributed by atoms with E-state index in [1.54, 1.807) is 0 Å². The van der Waals surface area contributed by atoms with Crippen LogP contribution in [0.2, 0.25) is 0 Å². The van der Waals surface area contributed by atoms with Crippen LogP contribution < -0.4 is 5.73 Å². The highest BCUT2D eigenvalue weighted by Gasteiger charge is 2.43. The molecule has 0 aromatic carbocycles. The van der Waals surface area contributed by atoms with Crippen molar-refractivity contribution in [3.8, 4) is 0 Å². The Morgan fingerprint density at radius 2 is 1.71 bits per heavy atom. The minimum absolute atomic E-state index is 0.463. The van der Waals surface area contributed by atoms with Crippen molar-refractivity contribution in [2.75, 3.05) is 6.61 Å². The van der Waals surface area contributed by atoms with Crippen LogP contribution in [0.25, 0.3) is 0 Å². The SMILES string of the molecule is CCC1CC(N2C3CCC2CC(N)C3)CCO1. The van der Waals surface area contributed by atoms with Crippen LogP contribution in [0.1, 0.15) is 51.9 Å². The Hall–Kier alpha value is -0.120. The molecule has 3 heterocycles. The molecule has 3 fully saturated rings. The first-order chi connectivity index (χ1) is 8.28. The van der Waals surface area contributed by atoms with Crippen LogP contribution in [0.3, 0.4) is 0 Å². The van der Waals surface area contributed by atoms with Gasteiger partial charge in [0.25, 0.3) is 0 Å². The molecule has 0 radical (unpaired) electrons. The number of nitrogens with zero attached hydrogens (tertiary/aromatic N) is 1. The summed E-state index contributed by atoms with van der Waals surface area (Å²) < 4.78 is 5.81. The first kappa shape index (κ1) is 11.9. The lowest BCUT2D eigenvalue weighted by Crippen LogP contribution is -2.54. The first-order valence-electron chi connectivity index (χ1n) is 7.42. The van der Waals surface area contributed by atoms with Gasteiger partial charge in [-0.25, -0.2) is 0 Å². The van der Waals surface area contributed by atoms with Crippen molar-refractivity contribution in [3.05, 3.63) is 0 Å². The van der Waals surface area contributed by atoms with E-state index in [-0.39, 0.29) is 0 Å². The molecule has 3 aliphatic rings. The largest absolute Gasteiger partial charge is 0.378 e. The molecule has 3 nitrogen and oxygen atoms in total. The summed E-state index contributed by atoms with van der Waals surface area (Å²) in [6.45, 7) is 3.21. The predicted molar refractivity (Wildman–Crippen MR) is 68.9 cm³/mol. The molecule has 2 bridgehead atoms. The fourth-order valence-electron chi connectivity index (χ4n) is 4.27. The molecule has 3 rings (SSSR count). The van der Waals surface area contributed by atoms with E-state index in [9.17, 15) is 0 Å². The first-order valence-corrected chi connectivity index (χ1v) is 7.42. The Balaban J connectivity index is 1.68. The van der Waals surface area contributed by atoms with Gasteiger partial charge in [0.2, 0.25) is 0 Å². The normalized spacial score (nSPS) is 47.3. The topological polar surface area (TPSA) is 38.5 Å². The predicted octanol–water partition coefficient (Wildman–Crippen LogP) is 1.90. The highest BCUT2D eigenvalue weighted by Crippen LogP contribution is 2.39. The summed E-state index contributed by atoms with van der Waals surface area (Å²) in [6.07, 6.45) is 9.37. The van der Waals surface area contributed by atoms with E-state index in [0.717, 1.165) is 24.7 Å². The van der Waals surface area contributed by atoms with Crippen LogP contribution in [0.5, 0.6) is 0 Å². The van der Waals surface area contributed by atoms with Gasteiger partial charge in [0.1, 0.15) is 0 Å². The van der Waals surface area contributed by atoms with Gasteiger partial charge >= 0.3 is 0 Å². The second-order valence-electron chi connectivity index (χ2n) is 6.14. The van der Waals surface area contributed by atoms with E-state index < -0.39 is 0 Å². The molecule has 98 valence electrons. The number of hydrogen-bond donors (Lipinski definition) is 1. The van der Waals surface area contributed by atoms with Crippen LogP contribution >= 0.6 is 0 Å². The van der Waals surface area contributed by atoms with Crippen molar-refractivity contribution in [2.24, 2.45) is 5.73 Å². The molecule has 3 saturated heterocycles.